The zero-order valence-corrected chi connectivity index (χ0v) is 20.4. The average molecular weight is 493 g/mol. The standard InChI is InChI=1S/C26H29FN6O3/c1-31-21-6-3-17(14-22(21)32(2)26(31)36)25(35)33-11-8-16(9-12-33)13-24(34)28-10-7-23-29-19-5-4-18(27)15-20(19)30-23/h3-6,14-16H,7-13H2,1-2H3,(H,28,34)(H,29,30). The lowest BCUT2D eigenvalue weighted by molar-refractivity contribution is -0.122. The summed E-state index contributed by atoms with van der Waals surface area (Å²) in [5.41, 5.74) is 3.31. The Balaban J connectivity index is 1.10. The molecule has 0 spiro atoms. The SMILES string of the molecule is Cn1c(=O)n(C)c2cc(C(=O)N3CCC(CC(=O)NCCc4nc5ccc(F)cc5[nH]4)CC3)ccc21. The van der Waals surface area contributed by atoms with Gasteiger partial charge in [-0.3, -0.25) is 18.7 Å². The smallest absolute Gasteiger partial charge is 0.328 e. The van der Waals surface area contributed by atoms with E-state index in [1.54, 1.807) is 41.4 Å². The van der Waals surface area contributed by atoms with Crippen LogP contribution in [0.2, 0.25) is 0 Å². The number of imidazole rings is 2. The van der Waals surface area contributed by atoms with E-state index in [0.717, 1.165) is 23.9 Å². The molecule has 2 N–H and O–H groups in total. The van der Waals surface area contributed by atoms with Crippen molar-refractivity contribution in [2.45, 2.75) is 25.7 Å². The molecule has 36 heavy (non-hydrogen) atoms. The van der Waals surface area contributed by atoms with Crippen LogP contribution in [-0.2, 0) is 25.3 Å². The highest BCUT2D eigenvalue weighted by Gasteiger charge is 2.25. The fraction of sp³-hybridized carbons (Fsp3) is 0.385. The summed E-state index contributed by atoms with van der Waals surface area (Å²) in [5, 5.41) is 2.94. The first kappa shape index (κ1) is 23.8. The molecule has 0 saturated carbocycles. The third-order valence-corrected chi connectivity index (χ3v) is 7.07. The number of carbonyl (C=O) groups excluding carboxylic acids is 2. The number of rotatable bonds is 6. The molecular weight excluding hydrogens is 463 g/mol. The van der Waals surface area contributed by atoms with E-state index < -0.39 is 0 Å². The zero-order chi connectivity index (χ0) is 25.4. The maximum absolute atomic E-state index is 13.3. The van der Waals surface area contributed by atoms with E-state index in [2.05, 4.69) is 15.3 Å². The summed E-state index contributed by atoms with van der Waals surface area (Å²) in [6.45, 7) is 1.64. The molecule has 3 heterocycles. The highest BCUT2D eigenvalue weighted by molar-refractivity contribution is 5.97. The number of aromatic nitrogens is 4. The van der Waals surface area contributed by atoms with Crippen LogP contribution in [0.5, 0.6) is 0 Å². The number of carbonyl (C=O) groups is 2. The molecule has 188 valence electrons. The molecule has 0 aliphatic carbocycles. The van der Waals surface area contributed by atoms with Gasteiger partial charge in [0.15, 0.2) is 0 Å². The normalized spacial score (nSPS) is 14.6. The summed E-state index contributed by atoms with van der Waals surface area (Å²) in [5.74, 6) is 0.541. The Morgan fingerprint density at radius 3 is 2.61 bits per heavy atom. The lowest BCUT2D eigenvalue weighted by Crippen LogP contribution is -2.39. The van der Waals surface area contributed by atoms with Crippen molar-refractivity contribution >= 4 is 33.9 Å². The number of amides is 2. The number of hydrogen-bond acceptors (Lipinski definition) is 4. The van der Waals surface area contributed by atoms with Crippen LogP contribution in [-0.4, -0.2) is 55.5 Å². The van der Waals surface area contributed by atoms with Gasteiger partial charge in [-0.25, -0.2) is 14.2 Å². The molecule has 2 amide bonds. The predicted octanol–water partition coefficient (Wildman–Crippen LogP) is 2.49. The molecule has 10 heteroatoms. The van der Waals surface area contributed by atoms with Crippen LogP contribution >= 0.6 is 0 Å². The van der Waals surface area contributed by atoms with Gasteiger partial charge in [-0.05, 0) is 55.2 Å². The second-order valence-corrected chi connectivity index (χ2v) is 9.49. The van der Waals surface area contributed by atoms with Crippen LogP contribution in [0.4, 0.5) is 4.39 Å². The molecule has 5 rings (SSSR count). The van der Waals surface area contributed by atoms with E-state index in [0.29, 0.717) is 54.9 Å². The molecule has 0 bridgehead atoms. The van der Waals surface area contributed by atoms with Crippen molar-refractivity contribution in [2.75, 3.05) is 19.6 Å². The van der Waals surface area contributed by atoms with Crippen LogP contribution in [0.25, 0.3) is 22.1 Å². The van der Waals surface area contributed by atoms with Gasteiger partial charge >= 0.3 is 5.69 Å². The average Bonchev–Trinajstić information content (AvgIpc) is 3.37. The Morgan fingerprint density at radius 1 is 1.08 bits per heavy atom. The molecule has 2 aromatic carbocycles. The summed E-state index contributed by atoms with van der Waals surface area (Å²) >= 11 is 0. The number of benzene rings is 2. The van der Waals surface area contributed by atoms with Crippen molar-refractivity contribution in [3.8, 4) is 0 Å². The lowest BCUT2D eigenvalue weighted by atomic mass is 9.93. The number of halogens is 1. The van der Waals surface area contributed by atoms with E-state index >= 15 is 0 Å². The topological polar surface area (TPSA) is 105 Å². The van der Waals surface area contributed by atoms with Gasteiger partial charge in [0.1, 0.15) is 11.6 Å². The largest absolute Gasteiger partial charge is 0.356 e. The molecule has 1 saturated heterocycles. The predicted molar refractivity (Wildman–Crippen MR) is 134 cm³/mol. The number of aryl methyl sites for hydroxylation is 2. The number of aromatic amines is 1. The summed E-state index contributed by atoms with van der Waals surface area (Å²) < 4.78 is 16.4. The molecule has 0 atom stereocenters. The quantitative estimate of drug-likeness (QED) is 0.432. The first-order chi connectivity index (χ1) is 17.3. The monoisotopic (exact) mass is 492 g/mol. The lowest BCUT2D eigenvalue weighted by Gasteiger charge is -2.32. The van der Waals surface area contributed by atoms with E-state index in [-0.39, 0.29) is 29.2 Å². The number of nitrogens with zero attached hydrogens (tertiary/aromatic N) is 4. The molecule has 1 fully saturated rings. The second-order valence-electron chi connectivity index (χ2n) is 9.49. The number of nitrogens with one attached hydrogen (secondary N) is 2. The molecule has 9 nitrogen and oxygen atoms in total. The molecule has 0 unspecified atom stereocenters. The summed E-state index contributed by atoms with van der Waals surface area (Å²) in [6, 6.07) is 9.76. The molecule has 2 aromatic heterocycles. The van der Waals surface area contributed by atoms with Gasteiger partial charge in [-0.15, -0.1) is 0 Å². The van der Waals surface area contributed by atoms with Gasteiger partial charge in [0, 0.05) is 52.1 Å². The highest BCUT2D eigenvalue weighted by atomic mass is 19.1. The number of fused-ring (bicyclic) bond motifs is 2. The Labute approximate surface area is 206 Å². The van der Waals surface area contributed by atoms with Gasteiger partial charge in [0.2, 0.25) is 5.91 Å². The van der Waals surface area contributed by atoms with Crippen LogP contribution in [0, 0.1) is 11.7 Å². The van der Waals surface area contributed by atoms with Crippen molar-refractivity contribution in [2.24, 2.45) is 20.0 Å². The third-order valence-electron chi connectivity index (χ3n) is 7.07. The van der Waals surface area contributed by atoms with Gasteiger partial charge in [-0.2, -0.15) is 0 Å². The molecule has 4 aromatic rings. The fourth-order valence-corrected chi connectivity index (χ4v) is 4.97. The van der Waals surface area contributed by atoms with Crippen molar-refractivity contribution in [1.82, 2.24) is 29.3 Å². The van der Waals surface area contributed by atoms with E-state index in [4.69, 9.17) is 0 Å². The van der Waals surface area contributed by atoms with Crippen molar-refractivity contribution in [1.29, 1.82) is 0 Å². The zero-order valence-electron chi connectivity index (χ0n) is 20.4. The second kappa shape index (κ2) is 9.60. The fourth-order valence-electron chi connectivity index (χ4n) is 4.97. The van der Waals surface area contributed by atoms with E-state index in [9.17, 15) is 18.8 Å². The minimum atomic E-state index is -0.317. The van der Waals surface area contributed by atoms with Crippen molar-refractivity contribution in [3.05, 3.63) is 64.1 Å². The summed E-state index contributed by atoms with van der Waals surface area (Å²) in [7, 11) is 3.42. The van der Waals surface area contributed by atoms with Gasteiger partial charge in [0.05, 0.1) is 22.1 Å². The molecule has 1 aliphatic heterocycles. The number of likely N-dealkylation sites (tertiary alicyclic amines) is 1. The van der Waals surface area contributed by atoms with Crippen LogP contribution in [0.1, 0.15) is 35.4 Å². The summed E-state index contributed by atoms with van der Waals surface area (Å²) in [6.07, 6.45) is 2.48. The Hall–Kier alpha value is -3.95. The van der Waals surface area contributed by atoms with Crippen molar-refractivity contribution in [3.63, 3.8) is 0 Å². The summed E-state index contributed by atoms with van der Waals surface area (Å²) in [4.78, 5) is 47.0. The molecular formula is C26H29FN6O3. The first-order valence-electron chi connectivity index (χ1n) is 12.2. The Bertz CT molecular complexity index is 1510. The highest BCUT2D eigenvalue weighted by Crippen LogP contribution is 2.23. The Kier molecular flexibility index (Phi) is 6.34. The van der Waals surface area contributed by atoms with Gasteiger partial charge in [-0.1, -0.05) is 0 Å². The van der Waals surface area contributed by atoms with Crippen LogP contribution in [0.15, 0.2) is 41.2 Å². The van der Waals surface area contributed by atoms with Crippen LogP contribution < -0.4 is 11.0 Å². The molecule has 0 radical (unpaired) electrons. The minimum Gasteiger partial charge on any atom is -0.356 e. The van der Waals surface area contributed by atoms with Crippen LogP contribution in [0.3, 0.4) is 0 Å². The number of piperidine rings is 1. The third kappa shape index (κ3) is 4.62. The Morgan fingerprint density at radius 2 is 1.83 bits per heavy atom. The number of hydrogen-bond donors (Lipinski definition) is 2. The number of H-pyrrole nitrogens is 1. The van der Waals surface area contributed by atoms with E-state index in [1.165, 1.54) is 12.1 Å². The first-order valence-corrected chi connectivity index (χ1v) is 12.2. The van der Waals surface area contributed by atoms with E-state index in [1.807, 2.05) is 11.0 Å². The minimum absolute atomic E-state index is 0.0163. The van der Waals surface area contributed by atoms with Crippen molar-refractivity contribution < 1.29 is 14.0 Å². The maximum atomic E-state index is 13.3. The van der Waals surface area contributed by atoms with Gasteiger partial charge in [0.25, 0.3) is 5.91 Å². The molecule has 1 aliphatic rings. The maximum Gasteiger partial charge on any atom is 0.328 e. The van der Waals surface area contributed by atoms with Gasteiger partial charge < -0.3 is 15.2 Å².